The first-order valence-electron chi connectivity index (χ1n) is 7.15. The van der Waals surface area contributed by atoms with Crippen LogP contribution in [0.2, 0.25) is 0 Å². The Bertz CT molecular complexity index is 446. The molecule has 1 aliphatic rings. The van der Waals surface area contributed by atoms with Gasteiger partial charge in [-0.15, -0.1) is 0 Å². The van der Waals surface area contributed by atoms with Crippen molar-refractivity contribution in [3.8, 4) is 0 Å². The van der Waals surface area contributed by atoms with Crippen molar-refractivity contribution < 1.29 is 9.50 Å². The van der Waals surface area contributed by atoms with Gasteiger partial charge in [0.2, 0.25) is 0 Å². The zero-order chi connectivity index (χ0) is 14.0. The fraction of sp³-hybridized carbons (Fsp3) is 0.625. The molecular weight excluding hydrogens is 241 g/mol. The lowest BCUT2D eigenvalue weighted by Gasteiger charge is -2.29. The third-order valence-corrected chi connectivity index (χ3v) is 4.27. The molecule has 0 bridgehead atoms. The number of rotatable bonds is 2. The van der Waals surface area contributed by atoms with Crippen molar-refractivity contribution in [1.82, 2.24) is 4.90 Å². The van der Waals surface area contributed by atoms with Gasteiger partial charge in [0.05, 0.1) is 5.60 Å². The summed E-state index contributed by atoms with van der Waals surface area (Å²) in [5.74, 6) is -0.204. The standard InChI is InChI=1S/C16H24FNO/c1-12(2)18-9-4-7-16(19,8-10-18)14-5-6-15(17)13(3)11-14/h5-6,11-12,19H,4,7-10H2,1-3H3. The summed E-state index contributed by atoms with van der Waals surface area (Å²) in [6, 6.07) is 5.50. The van der Waals surface area contributed by atoms with Crippen molar-refractivity contribution in [3.63, 3.8) is 0 Å². The molecule has 1 aromatic carbocycles. The second-order valence-electron chi connectivity index (χ2n) is 5.98. The van der Waals surface area contributed by atoms with E-state index in [0.29, 0.717) is 11.6 Å². The van der Waals surface area contributed by atoms with Gasteiger partial charge in [-0.25, -0.2) is 4.39 Å². The highest BCUT2D eigenvalue weighted by Crippen LogP contribution is 2.34. The average molecular weight is 265 g/mol. The molecule has 1 saturated heterocycles. The van der Waals surface area contributed by atoms with Crippen LogP contribution in [0.3, 0.4) is 0 Å². The Labute approximate surface area is 115 Å². The number of aliphatic hydroxyl groups is 1. The minimum absolute atomic E-state index is 0.204. The van der Waals surface area contributed by atoms with Crippen molar-refractivity contribution in [2.45, 2.75) is 51.7 Å². The molecule has 0 radical (unpaired) electrons. The van der Waals surface area contributed by atoms with Gasteiger partial charge in [0.1, 0.15) is 5.82 Å². The van der Waals surface area contributed by atoms with Gasteiger partial charge in [-0.2, -0.15) is 0 Å². The molecule has 2 nitrogen and oxygen atoms in total. The number of halogens is 1. The van der Waals surface area contributed by atoms with Gasteiger partial charge in [0.15, 0.2) is 0 Å². The second-order valence-corrected chi connectivity index (χ2v) is 5.98. The monoisotopic (exact) mass is 265 g/mol. The maximum Gasteiger partial charge on any atom is 0.126 e. The first-order chi connectivity index (χ1) is 8.92. The van der Waals surface area contributed by atoms with Crippen LogP contribution >= 0.6 is 0 Å². The van der Waals surface area contributed by atoms with E-state index in [2.05, 4.69) is 18.7 Å². The fourth-order valence-corrected chi connectivity index (χ4v) is 2.88. The largest absolute Gasteiger partial charge is 0.385 e. The fourth-order valence-electron chi connectivity index (χ4n) is 2.88. The predicted octanol–water partition coefficient (Wildman–Crippen LogP) is 3.22. The molecule has 106 valence electrons. The SMILES string of the molecule is Cc1cc(C2(O)CCCN(C(C)C)CC2)ccc1F. The zero-order valence-electron chi connectivity index (χ0n) is 12.1. The van der Waals surface area contributed by atoms with E-state index in [1.807, 2.05) is 0 Å². The van der Waals surface area contributed by atoms with E-state index in [1.165, 1.54) is 6.07 Å². The molecule has 1 aromatic rings. The van der Waals surface area contributed by atoms with Gasteiger partial charge in [0.25, 0.3) is 0 Å². The Morgan fingerprint density at radius 2 is 2.00 bits per heavy atom. The molecule has 1 unspecified atom stereocenters. The summed E-state index contributed by atoms with van der Waals surface area (Å²) in [6.07, 6.45) is 2.45. The van der Waals surface area contributed by atoms with E-state index in [9.17, 15) is 9.50 Å². The highest BCUT2D eigenvalue weighted by molar-refractivity contribution is 5.29. The van der Waals surface area contributed by atoms with Crippen LogP contribution in [0.5, 0.6) is 0 Å². The van der Waals surface area contributed by atoms with E-state index >= 15 is 0 Å². The highest BCUT2D eigenvalue weighted by Gasteiger charge is 2.32. The zero-order valence-corrected chi connectivity index (χ0v) is 12.1. The maximum absolute atomic E-state index is 13.3. The Balaban J connectivity index is 2.20. The van der Waals surface area contributed by atoms with Gasteiger partial charge in [-0.05, 0) is 63.8 Å². The third-order valence-electron chi connectivity index (χ3n) is 4.27. The summed E-state index contributed by atoms with van der Waals surface area (Å²) in [4.78, 5) is 2.40. The normalized spacial score (nSPS) is 25.6. The molecule has 3 heteroatoms. The topological polar surface area (TPSA) is 23.5 Å². The molecule has 0 aliphatic carbocycles. The molecule has 1 fully saturated rings. The Kier molecular flexibility index (Phi) is 4.26. The van der Waals surface area contributed by atoms with E-state index in [-0.39, 0.29) is 5.82 Å². The smallest absolute Gasteiger partial charge is 0.126 e. The minimum Gasteiger partial charge on any atom is -0.385 e. The second kappa shape index (κ2) is 5.59. The maximum atomic E-state index is 13.3. The van der Waals surface area contributed by atoms with E-state index in [0.717, 1.165) is 37.9 Å². The van der Waals surface area contributed by atoms with Gasteiger partial charge < -0.3 is 10.0 Å². The van der Waals surface area contributed by atoms with Crippen molar-refractivity contribution in [3.05, 3.63) is 35.1 Å². The lowest BCUT2D eigenvalue weighted by molar-refractivity contribution is 0.0203. The van der Waals surface area contributed by atoms with Crippen LogP contribution in [-0.2, 0) is 5.60 Å². The Morgan fingerprint density at radius 3 is 2.63 bits per heavy atom. The van der Waals surface area contributed by atoms with Crippen LogP contribution < -0.4 is 0 Å². The lowest BCUT2D eigenvalue weighted by atomic mass is 9.86. The molecular formula is C16H24FNO. The molecule has 0 aromatic heterocycles. The van der Waals surface area contributed by atoms with Crippen LogP contribution in [-0.4, -0.2) is 29.1 Å². The lowest BCUT2D eigenvalue weighted by Crippen LogP contribution is -2.33. The van der Waals surface area contributed by atoms with E-state index in [4.69, 9.17) is 0 Å². The van der Waals surface area contributed by atoms with Crippen LogP contribution in [0.4, 0.5) is 4.39 Å². The third kappa shape index (κ3) is 3.15. The summed E-state index contributed by atoms with van der Waals surface area (Å²) in [7, 11) is 0. The molecule has 0 spiro atoms. The number of likely N-dealkylation sites (tertiary alicyclic amines) is 1. The summed E-state index contributed by atoms with van der Waals surface area (Å²) in [5.41, 5.74) is 0.662. The average Bonchev–Trinajstić information content (AvgIpc) is 2.56. The van der Waals surface area contributed by atoms with Crippen molar-refractivity contribution in [2.24, 2.45) is 0 Å². The van der Waals surface area contributed by atoms with Crippen LogP contribution in [0.15, 0.2) is 18.2 Å². The first kappa shape index (κ1) is 14.5. The summed E-state index contributed by atoms with van der Waals surface area (Å²) in [5, 5.41) is 10.9. The predicted molar refractivity (Wildman–Crippen MR) is 75.6 cm³/mol. The Hall–Kier alpha value is -0.930. The number of benzene rings is 1. The number of hydrogen-bond acceptors (Lipinski definition) is 2. The minimum atomic E-state index is -0.803. The molecule has 1 atom stereocenters. The number of hydrogen-bond donors (Lipinski definition) is 1. The van der Waals surface area contributed by atoms with E-state index < -0.39 is 5.60 Å². The molecule has 1 aliphatic heterocycles. The van der Waals surface area contributed by atoms with Crippen LogP contribution in [0.1, 0.15) is 44.2 Å². The van der Waals surface area contributed by atoms with E-state index in [1.54, 1.807) is 19.1 Å². The van der Waals surface area contributed by atoms with Crippen molar-refractivity contribution in [1.29, 1.82) is 0 Å². The van der Waals surface area contributed by atoms with Gasteiger partial charge in [-0.1, -0.05) is 12.1 Å². The molecule has 1 N–H and O–H groups in total. The summed E-state index contributed by atoms with van der Waals surface area (Å²) >= 11 is 0. The van der Waals surface area contributed by atoms with Gasteiger partial charge in [0, 0.05) is 12.6 Å². The molecule has 19 heavy (non-hydrogen) atoms. The summed E-state index contributed by atoms with van der Waals surface area (Å²) in [6.45, 7) is 8.04. The summed E-state index contributed by atoms with van der Waals surface area (Å²) < 4.78 is 13.3. The quantitative estimate of drug-likeness (QED) is 0.887. The van der Waals surface area contributed by atoms with Gasteiger partial charge in [-0.3, -0.25) is 0 Å². The van der Waals surface area contributed by atoms with Gasteiger partial charge >= 0.3 is 0 Å². The highest BCUT2D eigenvalue weighted by atomic mass is 19.1. The molecule has 0 saturated carbocycles. The number of nitrogens with zero attached hydrogens (tertiary/aromatic N) is 1. The van der Waals surface area contributed by atoms with Crippen LogP contribution in [0.25, 0.3) is 0 Å². The molecule has 0 amide bonds. The first-order valence-corrected chi connectivity index (χ1v) is 7.15. The van der Waals surface area contributed by atoms with Crippen molar-refractivity contribution >= 4 is 0 Å². The van der Waals surface area contributed by atoms with Crippen molar-refractivity contribution in [2.75, 3.05) is 13.1 Å². The number of aryl methyl sites for hydroxylation is 1. The van der Waals surface area contributed by atoms with Crippen LogP contribution in [0, 0.1) is 12.7 Å². The molecule has 1 heterocycles. The Morgan fingerprint density at radius 1 is 1.26 bits per heavy atom. The molecule has 2 rings (SSSR count).